The highest BCUT2D eigenvalue weighted by molar-refractivity contribution is 5.93. The summed E-state index contributed by atoms with van der Waals surface area (Å²) in [4.78, 5) is 24.8. The van der Waals surface area contributed by atoms with Crippen LogP contribution in [0.2, 0.25) is 0 Å². The first-order valence-electron chi connectivity index (χ1n) is 9.66. The monoisotopic (exact) mass is 413 g/mol. The number of fused-ring (bicyclic) bond motifs is 1. The van der Waals surface area contributed by atoms with E-state index >= 15 is 0 Å². The third kappa shape index (κ3) is 4.52. The highest BCUT2D eigenvalue weighted by atomic mass is 35.5. The highest BCUT2D eigenvalue weighted by Gasteiger charge is 2.33. The van der Waals surface area contributed by atoms with Crippen LogP contribution in [0.5, 0.6) is 0 Å². The Bertz CT molecular complexity index is 999. The first-order valence-corrected chi connectivity index (χ1v) is 9.66. The molecule has 0 spiro atoms. The number of hydrogen-bond acceptors (Lipinski definition) is 5. The molecule has 4 rings (SSSR count). The largest absolute Gasteiger partial charge is 0.460 e. The molecule has 1 aliphatic rings. The SMILES string of the molecule is CCOC(=O)c1cc2cc(CC(=O)[C@H]3NCC[C@@H]3c3ccccc3)ccc2o1.Cl. The first kappa shape index (κ1) is 21.1. The molecular formula is C23H24ClNO4. The molecule has 2 aromatic carbocycles. The molecule has 0 unspecified atom stereocenters. The molecule has 2 heterocycles. The minimum absolute atomic E-state index is 0. The number of benzene rings is 2. The maximum atomic E-state index is 13.0. The van der Waals surface area contributed by atoms with Crippen molar-refractivity contribution in [2.45, 2.75) is 31.7 Å². The number of esters is 1. The fourth-order valence-corrected chi connectivity index (χ4v) is 3.92. The topological polar surface area (TPSA) is 68.5 Å². The standard InChI is InChI=1S/C23H23NO4.ClH/c1-2-27-23(26)21-14-17-12-15(8-9-20(17)28-21)13-19(25)22-18(10-11-24-22)16-6-4-3-5-7-16;/h3-9,12,14,18,22,24H,2,10-11,13H2,1H3;1H/t18-,22+;/m1./s1. The van der Waals surface area contributed by atoms with E-state index in [1.807, 2.05) is 30.3 Å². The maximum absolute atomic E-state index is 13.0. The van der Waals surface area contributed by atoms with Crippen LogP contribution >= 0.6 is 12.4 Å². The summed E-state index contributed by atoms with van der Waals surface area (Å²) < 4.78 is 10.5. The third-order valence-corrected chi connectivity index (χ3v) is 5.23. The molecule has 0 saturated carbocycles. The van der Waals surface area contributed by atoms with Gasteiger partial charge in [0.15, 0.2) is 5.78 Å². The van der Waals surface area contributed by atoms with E-state index in [1.54, 1.807) is 19.1 Å². The summed E-state index contributed by atoms with van der Waals surface area (Å²) in [5.74, 6) is 0.0979. The minimum atomic E-state index is -0.475. The zero-order valence-electron chi connectivity index (χ0n) is 16.2. The zero-order valence-corrected chi connectivity index (χ0v) is 17.0. The van der Waals surface area contributed by atoms with Crippen LogP contribution in [-0.2, 0) is 16.0 Å². The lowest BCUT2D eigenvalue weighted by Crippen LogP contribution is -2.35. The molecule has 1 aliphatic heterocycles. The minimum Gasteiger partial charge on any atom is -0.460 e. The van der Waals surface area contributed by atoms with Crippen LogP contribution in [0.15, 0.2) is 59.0 Å². The van der Waals surface area contributed by atoms with Crippen LogP contribution in [-0.4, -0.2) is 30.9 Å². The molecule has 0 bridgehead atoms. The van der Waals surface area contributed by atoms with Gasteiger partial charge < -0.3 is 14.5 Å². The van der Waals surface area contributed by atoms with Crippen LogP contribution in [0.25, 0.3) is 11.0 Å². The van der Waals surface area contributed by atoms with E-state index in [9.17, 15) is 9.59 Å². The summed E-state index contributed by atoms with van der Waals surface area (Å²) in [5, 5.41) is 4.16. The van der Waals surface area contributed by atoms with Gasteiger partial charge in [-0.1, -0.05) is 36.4 Å². The summed E-state index contributed by atoms with van der Waals surface area (Å²) in [7, 11) is 0. The number of rotatable bonds is 6. The Morgan fingerprint density at radius 1 is 1.14 bits per heavy atom. The van der Waals surface area contributed by atoms with Gasteiger partial charge in [0.25, 0.3) is 0 Å². The van der Waals surface area contributed by atoms with Gasteiger partial charge in [-0.2, -0.15) is 0 Å². The molecule has 3 aromatic rings. The summed E-state index contributed by atoms with van der Waals surface area (Å²) in [6.07, 6.45) is 1.31. The van der Waals surface area contributed by atoms with Gasteiger partial charge in [0, 0.05) is 17.7 Å². The lowest BCUT2D eigenvalue weighted by molar-refractivity contribution is -0.120. The molecule has 0 radical (unpaired) electrons. The van der Waals surface area contributed by atoms with Crippen molar-refractivity contribution in [1.82, 2.24) is 5.32 Å². The molecular weight excluding hydrogens is 390 g/mol. The Hall–Kier alpha value is -2.63. The van der Waals surface area contributed by atoms with E-state index in [2.05, 4.69) is 17.4 Å². The number of ether oxygens (including phenoxy) is 1. The second-order valence-corrected chi connectivity index (χ2v) is 7.08. The van der Waals surface area contributed by atoms with E-state index in [0.717, 1.165) is 23.9 Å². The predicted molar refractivity (Wildman–Crippen MR) is 114 cm³/mol. The van der Waals surface area contributed by atoms with Crippen LogP contribution in [0, 0.1) is 0 Å². The molecule has 0 amide bonds. The fraction of sp³-hybridized carbons (Fsp3) is 0.304. The molecule has 1 saturated heterocycles. The number of Topliss-reactive ketones (excluding diaryl/α,β-unsaturated/α-hetero) is 1. The van der Waals surface area contributed by atoms with Crippen molar-refractivity contribution in [3.63, 3.8) is 0 Å². The molecule has 152 valence electrons. The Balaban J connectivity index is 0.00000240. The van der Waals surface area contributed by atoms with Gasteiger partial charge in [0.05, 0.1) is 12.6 Å². The summed E-state index contributed by atoms with van der Waals surface area (Å²) in [5.41, 5.74) is 2.73. The molecule has 5 nitrogen and oxygen atoms in total. The summed E-state index contributed by atoms with van der Waals surface area (Å²) in [6.45, 7) is 2.90. The molecule has 1 aromatic heterocycles. The van der Waals surface area contributed by atoms with Crippen LogP contribution in [0.3, 0.4) is 0 Å². The number of hydrogen-bond donors (Lipinski definition) is 1. The Labute approximate surface area is 175 Å². The van der Waals surface area contributed by atoms with Gasteiger partial charge in [-0.3, -0.25) is 4.79 Å². The number of nitrogens with one attached hydrogen (secondary N) is 1. The normalized spacial score (nSPS) is 18.4. The molecule has 29 heavy (non-hydrogen) atoms. The van der Waals surface area contributed by atoms with Crippen molar-refractivity contribution in [3.8, 4) is 0 Å². The van der Waals surface area contributed by atoms with Crippen molar-refractivity contribution in [3.05, 3.63) is 71.5 Å². The average Bonchev–Trinajstić information content (AvgIpc) is 3.36. The third-order valence-electron chi connectivity index (χ3n) is 5.23. The Morgan fingerprint density at radius 2 is 1.93 bits per heavy atom. The maximum Gasteiger partial charge on any atom is 0.374 e. The Kier molecular flexibility index (Phi) is 6.72. The van der Waals surface area contributed by atoms with Crippen LogP contribution < -0.4 is 5.32 Å². The van der Waals surface area contributed by atoms with Gasteiger partial charge in [-0.05, 0) is 49.2 Å². The van der Waals surface area contributed by atoms with E-state index in [0.29, 0.717) is 18.6 Å². The number of ketones is 1. The highest BCUT2D eigenvalue weighted by Crippen LogP contribution is 2.29. The molecule has 0 aliphatic carbocycles. The molecule has 6 heteroatoms. The molecule has 2 atom stereocenters. The van der Waals surface area contributed by atoms with Gasteiger partial charge in [0.1, 0.15) is 5.58 Å². The van der Waals surface area contributed by atoms with Gasteiger partial charge in [-0.15, -0.1) is 12.4 Å². The van der Waals surface area contributed by atoms with E-state index < -0.39 is 5.97 Å². The van der Waals surface area contributed by atoms with E-state index in [4.69, 9.17) is 9.15 Å². The Morgan fingerprint density at radius 3 is 2.69 bits per heavy atom. The van der Waals surface area contributed by atoms with Crippen LogP contribution in [0.1, 0.15) is 40.9 Å². The first-order chi connectivity index (χ1) is 13.7. The fourth-order valence-electron chi connectivity index (χ4n) is 3.92. The summed E-state index contributed by atoms with van der Waals surface area (Å²) >= 11 is 0. The number of halogens is 1. The van der Waals surface area contributed by atoms with E-state index in [-0.39, 0.29) is 35.9 Å². The van der Waals surface area contributed by atoms with Crippen molar-refractivity contribution in [2.24, 2.45) is 0 Å². The number of carbonyl (C=O) groups excluding carboxylic acids is 2. The lowest BCUT2D eigenvalue weighted by Gasteiger charge is -2.19. The van der Waals surface area contributed by atoms with Gasteiger partial charge in [0.2, 0.25) is 5.76 Å². The van der Waals surface area contributed by atoms with Gasteiger partial charge >= 0.3 is 5.97 Å². The summed E-state index contributed by atoms with van der Waals surface area (Å²) in [6, 6.07) is 17.3. The lowest BCUT2D eigenvalue weighted by atomic mass is 9.88. The molecule has 1 N–H and O–H groups in total. The van der Waals surface area contributed by atoms with Crippen molar-refractivity contribution in [2.75, 3.05) is 13.2 Å². The van der Waals surface area contributed by atoms with Gasteiger partial charge in [-0.25, -0.2) is 4.79 Å². The van der Waals surface area contributed by atoms with Crippen molar-refractivity contribution in [1.29, 1.82) is 0 Å². The number of carbonyl (C=O) groups is 2. The van der Waals surface area contributed by atoms with Crippen molar-refractivity contribution < 1.29 is 18.7 Å². The second-order valence-electron chi connectivity index (χ2n) is 7.08. The second kappa shape index (κ2) is 9.25. The molecule has 1 fully saturated rings. The quantitative estimate of drug-likeness (QED) is 0.610. The predicted octanol–water partition coefficient (Wildman–Crippen LogP) is 4.29. The number of furan rings is 1. The van der Waals surface area contributed by atoms with Crippen LogP contribution in [0.4, 0.5) is 0 Å². The smallest absolute Gasteiger partial charge is 0.374 e. The van der Waals surface area contributed by atoms with Crippen molar-refractivity contribution >= 4 is 35.1 Å². The average molecular weight is 414 g/mol. The zero-order chi connectivity index (χ0) is 19.5. The van der Waals surface area contributed by atoms with E-state index in [1.165, 1.54) is 5.56 Å².